The second-order valence-electron chi connectivity index (χ2n) is 4.59. The van der Waals surface area contributed by atoms with Crippen LogP contribution in [0.3, 0.4) is 0 Å². The molecular weight excluding hydrogens is 222 g/mol. The fraction of sp³-hybridized carbons (Fsp3) is 0.538. The van der Waals surface area contributed by atoms with Gasteiger partial charge in [-0.1, -0.05) is 0 Å². The Morgan fingerprint density at radius 3 is 2.88 bits per heavy atom. The van der Waals surface area contributed by atoms with E-state index in [1.807, 2.05) is 7.05 Å². The first kappa shape index (κ1) is 12.3. The van der Waals surface area contributed by atoms with Gasteiger partial charge in [0.25, 0.3) is 0 Å². The first-order valence-electron chi connectivity index (χ1n) is 6.05. The summed E-state index contributed by atoms with van der Waals surface area (Å²) in [6.45, 7) is 2.88. The van der Waals surface area contributed by atoms with Gasteiger partial charge >= 0.3 is 0 Å². The lowest BCUT2D eigenvalue weighted by Gasteiger charge is -2.18. The Labute approximate surface area is 101 Å². The van der Waals surface area contributed by atoms with Gasteiger partial charge in [0.1, 0.15) is 0 Å². The van der Waals surface area contributed by atoms with E-state index < -0.39 is 11.6 Å². The molecule has 2 rings (SSSR count). The van der Waals surface area contributed by atoms with Gasteiger partial charge in [-0.15, -0.1) is 0 Å². The topological polar surface area (TPSA) is 15.3 Å². The van der Waals surface area contributed by atoms with E-state index in [4.69, 9.17) is 0 Å². The Balaban J connectivity index is 1.97. The first-order chi connectivity index (χ1) is 8.20. The summed E-state index contributed by atoms with van der Waals surface area (Å²) in [5.74, 6) is -0.892. The predicted molar refractivity (Wildman–Crippen MR) is 65.2 cm³/mol. The highest BCUT2D eigenvalue weighted by Gasteiger charge is 2.22. The van der Waals surface area contributed by atoms with Crippen molar-refractivity contribution in [3.63, 3.8) is 0 Å². The van der Waals surface area contributed by atoms with Crippen molar-refractivity contribution in [2.24, 2.45) is 5.92 Å². The lowest BCUT2D eigenvalue weighted by molar-refractivity contribution is 0.507. The third-order valence-electron chi connectivity index (χ3n) is 3.36. The molecule has 1 aliphatic heterocycles. The third-order valence-corrected chi connectivity index (χ3v) is 3.36. The Morgan fingerprint density at radius 1 is 1.35 bits per heavy atom. The van der Waals surface area contributed by atoms with Crippen LogP contribution in [0.2, 0.25) is 0 Å². The van der Waals surface area contributed by atoms with E-state index in [1.54, 1.807) is 6.07 Å². The van der Waals surface area contributed by atoms with Gasteiger partial charge in [0.05, 0.1) is 0 Å². The van der Waals surface area contributed by atoms with E-state index in [-0.39, 0.29) is 0 Å². The molecule has 1 aliphatic rings. The summed E-state index contributed by atoms with van der Waals surface area (Å²) in [5.41, 5.74) is 0.788. The van der Waals surface area contributed by atoms with E-state index >= 15 is 0 Å². The van der Waals surface area contributed by atoms with Crippen LogP contribution >= 0.6 is 0 Å². The van der Waals surface area contributed by atoms with Crippen molar-refractivity contribution >= 4 is 5.69 Å². The maximum atomic E-state index is 13.1. The number of anilines is 1. The second kappa shape index (κ2) is 5.45. The van der Waals surface area contributed by atoms with Crippen LogP contribution in [0.5, 0.6) is 0 Å². The van der Waals surface area contributed by atoms with Crippen LogP contribution in [0.25, 0.3) is 0 Å². The fourth-order valence-corrected chi connectivity index (χ4v) is 2.33. The quantitative estimate of drug-likeness (QED) is 0.869. The van der Waals surface area contributed by atoms with Crippen molar-refractivity contribution in [2.45, 2.75) is 12.8 Å². The molecule has 2 nitrogen and oxygen atoms in total. The number of rotatable bonds is 4. The molecule has 17 heavy (non-hydrogen) atoms. The van der Waals surface area contributed by atoms with E-state index in [0.717, 1.165) is 38.2 Å². The summed E-state index contributed by atoms with van der Waals surface area (Å²) < 4.78 is 25.9. The summed E-state index contributed by atoms with van der Waals surface area (Å²) in [7, 11) is 1.95. The molecule has 0 saturated carbocycles. The molecule has 1 saturated heterocycles. The minimum atomic E-state index is -0.778. The zero-order valence-electron chi connectivity index (χ0n) is 10.0. The van der Waals surface area contributed by atoms with Crippen LogP contribution in [0.1, 0.15) is 12.8 Å². The van der Waals surface area contributed by atoms with Crippen molar-refractivity contribution in [3.05, 3.63) is 29.8 Å². The smallest absolute Gasteiger partial charge is 0.160 e. The van der Waals surface area contributed by atoms with Gasteiger partial charge in [-0.25, -0.2) is 8.78 Å². The molecule has 0 spiro atoms. The Kier molecular flexibility index (Phi) is 3.94. The van der Waals surface area contributed by atoms with Gasteiger partial charge in [-0.3, -0.25) is 0 Å². The van der Waals surface area contributed by atoms with Crippen molar-refractivity contribution in [2.75, 3.05) is 31.6 Å². The molecule has 1 fully saturated rings. The van der Waals surface area contributed by atoms with Crippen LogP contribution in [-0.2, 0) is 0 Å². The average molecular weight is 240 g/mol. The van der Waals surface area contributed by atoms with Gasteiger partial charge in [0.15, 0.2) is 11.6 Å². The minimum Gasteiger partial charge on any atom is -0.371 e. The Morgan fingerprint density at radius 2 is 2.18 bits per heavy atom. The van der Waals surface area contributed by atoms with Crippen molar-refractivity contribution in [3.8, 4) is 0 Å². The Bertz CT molecular complexity index is 382. The lowest BCUT2D eigenvalue weighted by Crippen LogP contribution is -2.21. The minimum absolute atomic E-state index is 0.649. The highest BCUT2D eigenvalue weighted by atomic mass is 19.2. The molecule has 1 heterocycles. The summed E-state index contributed by atoms with van der Waals surface area (Å²) in [4.78, 5) is 2.13. The number of halogens is 2. The van der Waals surface area contributed by atoms with Crippen LogP contribution in [-0.4, -0.2) is 26.7 Å². The summed E-state index contributed by atoms with van der Waals surface area (Å²) in [6.07, 6.45) is 2.26. The van der Waals surface area contributed by atoms with E-state index in [1.165, 1.54) is 12.1 Å². The highest BCUT2D eigenvalue weighted by molar-refractivity contribution is 5.47. The average Bonchev–Trinajstić information content (AvgIpc) is 2.79. The molecular formula is C13H18F2N2. The van der Waals surface area contributed by atoms with Crippen LogP contribution in [0.15, 0.2) is 18.2 Å². The normalized spacial score (nSPS) is 19.9. The zero-order valence-corrected chi connectivity index (χ0v) is 10.0. The molecule has 1 unspecified atom stereocenters. The van der Waals surface area contributed by atoms with Gasteiger partial charge in [-0.2, -0.15) is 0 Å². The van der Waals surface area contributed by atoms with Gasteiger partial charge in [0, 0.05) is 24.8 Å². The van der Waals surface area contributed by atoms with E-state index in [9.17, 15) is 8.78 Å². The molecule has 1 atom stereocenters. The number of benzene rings is 1. The molecule has 1 aromatic carbocycles. The molecule has 94 valence electrons. The molecule has 4 heteroatoms. The van der Waals surface area contributed by atoms with Crippen LogP contribution in [0, 0.1) is 17.6 Å². The van der Waals surface area contributed by atoms with Gasteiger partial charge in [0.2, 0.25) is 0 Å². The van der Waals surface area contributed by atoms with Crippen molar-refractivity contribution in [1.29, 1.82) is 0 Å². The van der Waals surface area contributed by atoms with Gasteiger partial charge in [-0.05, 0) is 44.5 Å². The number of nitrogens with one attached hydrogen (secondary N) is 1. The largest absolute Gasteiger partial charge is 0.371 e. The maximum absolute atomic E-state index is 13.1. The predicted octanol–water partition coefficient (Wildman–Crippen LogP) is 2.40. The number of hydrogen-bond acceptors (Lipinski definition) is 2. The maximum Gasteiger partial charge on any atom is 0.160 e. The lowest BCUT2D eigenvalue weighted by atomic mass is 10.1. The molecule has 0 aromatic heterocycles. The molecule has 1 N–H and O–H groups in total. The van der Waals surface area contributed by atoms with Crippen molar-refractivity contribution < 1.29 is 8.78 Å². The molecule has 0 amide bonds. The summed E-state index contributed by atoms with van der Waals surface area (Å²) >= 11 is 0. The molecule has 0 bridgehead atoms. The Hall–Kier alpha value is -1.16. The second-order valence-corrected chi connectivity index (χ2v) is 4.59. The number of nitrogens with zero attached hydrogens (tertiary/aromatic N) is 1. The fourth-order valence-electron chi connectivity index (χ4n) is 2.33. The molecule has 0 radical (unpaired) electrons. The monoisotopic (exact) mass is 240 g/mol. The summed E-state index contributed by atoms with van der Waals surface area (Å²) in [6, 6.07) is 4.14. The standard InChI is InChI=1S/C13H18F2N2/c1-16-6-4-10-5-7-17(9-10)11-2-3-12(14)13(15)8-11/h2-3,8,10,16H,4-7,9H2,1H3. The van der Waals surface area contributed by atoms with Crippen LogP contribution in [0.4, 0.5) is 14.5 Å². The number of hydrogen-bond donors (Lipinski definition) is 1. The van der Waals surface area contributed by atoms with Crippen LogP contribution < -0.4 is 10.2 Å². The summed E-state index contributed by atoms with van der Waals surface area (Å²) in [5, 5.41) is 3.14. The van der Waals surface area contributed by atoms with E-state index in [0.29, 0.717) is 5.92 Å². The first-order valence-corrected chi connectivity index (χ1v) is 6.05. The molecule has 1 aromatic rings. The zero-order chi connectivity index (χ0) is 12.3. The van der Waals surface area contributed by atoms with Gasteiger partial charge < -0.3 is 10.2 Å². The molecule has 0 aliphatic carbocycles. The van der Waals surface area contributed by atoms with E-state index in [2.05, 4.69) is 10.2 Å². The SMILES string of the molecule is CNCCC1CCN(c2ccc(F)c(F)c2)C1. The highest BCUT2D eigenvalue weighted by Crippen LogP contribution is 2.26. The third kappa shape index (κ3) is 2.94. The van der Waals surface area contributed by atoms with Crippen molar-refractivity contribution in [1.82, 2.24) is 5.32 Å².